The Kier molecular flexibility index (Phi) is 6.66. The van der Waals surface area contributed by atoms with E-state index < -0.39 is 15.9 Å². The number of carbonyl (C=O) groups is 1. The number of nitrogens with zero attached hydrogens (tertiary/aromatic N) is 4. The number of ether oxygens (including phenoxy) is 1. The first-order valence-electron chi connectivity index (χ1n) is 11.9. The van der Waals surface area contributed by atoms with Crippen LogP contribution in [0.2, 0.25) is 0 Å². The third-order valence-electron chi connectivity index (χ3n) is 6.54. The van der Waals surface area contributed by atoms with Crippen molar-refractivity contribution >= 4 is 44.2 Å². The zero-order valence-corrected chi connectivity index (χ0v) is 23.3. The number of esters is 1. The molecule has 11 heteroatoms. The second-order valence-electron chi connectivity index (χ2n) is 9.18. The Morgan fingerprint density at radius 1 is 1.08 bits per heavy atom. The van der Waals surface area contributed by atoms with Gasteiger partial charge in [0, 0.05) is 33.6 Å². The monoisotopic (exact) mass is 549 g/mol. The van der Waals surface area contributed by atoms with Crippen LogP contribution in [0.1, 0.15) is 45.7 Å². The summed E-state index contributed by atoms with van der Waals surface area (Å²) in [4.78, 5) is 18.8. The Morgan fingerprint density at radius 2 is 1.82 bits per heavy atom. The van der Waals surface area contributed by atoms with Crippen LogP contribution in [0.25, 0.3) is 5.00 Å². The number of hydrogen-bond donors (Lipinski definition) is 1. The molecule has 0 radical (unpaired) electrons. The summed E-state index contributed by atoms with van der Waals surface area (Å²) >= 11 is 1.65. The van der Waals surface area contributed by atoms with Gasteiger partial charge in [0.1, 0.15) is 16.9 Å². The quantitative estimate of drug-likeness (QED) is 0.342. The number of fused-ring (bicyclic) bond motifs is 3. The first-order valence-corrected chi connectivity index (χ1v) is 14.6. The minimum Gasteiger partial charge on any atom is -0.469 e. The van der Waals surface area contributed by atoms with Gasteiger partial charge in [-0.05, 0) is 56.7 Å². The molecule has 0 amide bonds. The first-order chi connectivity index (χ1) is 18.1. The molecule has 2 aromatic heterocycles. The Bertz CT molecular complexity index is 1680. The Morgan fingerprint density at radius 3 is 2.50 bits per heavy atom. The van der Waals surface area contributed by atoms with Crippen LogP contribution in [0.5, 0.6) is 0 Å². The molecule has 0 bridgehead atoms. The molecule has 2 aromatic carbocycles. The van der Waals surface area contributed by atoms with Gasteiger partial charge in [0.15, 0.2) is 15.7 Å². The second kappa shape index (κ2) is 9.80. The summed E-state index contributed by atoms with van der Waals surface area (Å²) in [5.41, 5.74) is 5.23. The van der Waals surface area contributed by atoms with Gasteiger partial charge in [0.25, 0.3) is 0 Å². The fourth-order valence-electron chi connectivity index (χ4n) is 4.45. The highest BCUT2D eigenvalue weighted by molar-refractivity contribution is 7.90. The van der Waals surface area contributed by atoms with Crippen molar-refractivity contribution in [2.75, 3.05) is 18.7 Å². The van der Waals surface area contributed by atoms with E-state index in [0.29, 0.717) is 11.5 Å². The lowest BCUT2D eigenvalue weighted by Crippen LogP contribution is -2.12. The van der Waals surface area contributed by atoms with Gasteiger partial charge in [0.2, 0.25) is 0 Å². The molecule has 0 saturated carbocycles. The zero-order chi connectivity index (χ0) is 27.2. The summed E-state index contributed by atoms with van der Waals surface area (Å²) in [7, 11) is -1.95. The molecule has 1 N–H and O–H groups in total. The molecule has 1 aliphatic heterocycles. The van der Waals surface area contributed by atoms with Crippen LogP contribution < -0.4 is 5.32 Å². The molecule has 9 nitrogen and oxygen atoms in total. The molecule has 1 atom stereocenters. The molecule has 0 unspecified atom stereocenters. The third-order valence-corrected chi connectivity index (χ3v) is 8.84. The maximum Gasteiger partial charge on any atom is 0.308 e. The fourth-order valence-corrected chi connectivity index (χ4v) is 6.33. The summed E-state index contributed by atoms with van der Waals surface area (Å²) in [6, 6.07) is 13.9. The standard InChI is InChI=1S/C27H27N5O4S2/c1-15-16(2)37-27-24(15)25(29-22(14-23(33)36-4)26-31-30-17(3)32(26)27)18-9-11-19(12-10-18)28-20-7-6-8-21(13-20)38(5,34)35/h6-13,22,28H,14H2,1-5H3/t22-/m0/s1. The van der Waals surface area contributed by atoms with Crippen LogP contribution in [0.15, 0.2) is 58.4 Å². The van der Waals surface area contributed by atoms with Gasteiger partial charge < -0.3 is 10.1 Å². The number of benzene rings is 2. The number of thiophene rings is 1. The molecule has 0 spiro atoms. The lowest BCUT2D eigenvalue weighted by molar-refractivity contribution is -0.141. The lowest BCUT2D eigenvalue weighted by Gasteiger charge is -2.13. The van der Waals surface area contributed by atoms with Crippen LogP contribution in [-0.4, -0.2) is 48.2 Å². The van der Waals surface area contributed by atoms with Crippen LogP contribution in [-0.2, 0) is 19.4 Å². The Labute approximate surface area is 225 Å². The predicted octanol–water partition coefficient (Wildman–Crippen LogP) is 4.86. The van der Waals surface area contributed by atoms with Crippen molar-refractivity contribution < 1.29 is 17.9 Å². The molecule has 0 saturated heterocycles. The van der Waals surface area contributed by atoms with Gasteiger partial charge in [-0.1, -0.05) is 18.2 Å². The number of aryl methyl sites for hydroxylation is 2. The van der Waals surface area contributed by atoms with Crippen molar-refractivity contribution in [1.82, 2.24) is 14.8 Å². The Hall–Kier alpha value is -3.83. The topological polar surface area (TPSA) is 116 Å². The number of aliphatic imine (C=N–C) groups is 1. The summed E-state index contributed by atoms with van der Waals surface area (Å²) in [6.45, 7) is 6.05. The third kappa shape index (κ3) is 4.74. The van der Waals surface area contributed by atoms with Crippen LogP contribution in [0.4, 0.5) is 11.4 Å². The first kappa shape index (κ1) is 25.8. The van der Waals surface area contributed by atoms with Gasteiger partial charge in [-0.15, -0.1) is 21.5 Å². The smallest absolute Gasteiger partial charge is 0.308 e. The van der Waals surface area contributed by atoms with Gasteiger partial charge in [-0.25, -0.2) is 8.42 Å². The highest BCUT2D eigenvalue weighted by Crippen LogP contribution is 2.39. The van der Waals surface area contributed by atoms with Gasteiger partial charge in [-0.3, -0.25) is 14.4 Å². The predicted molar refractivity (Wildman–Crippen MR) is 148 cm³/mol. The van der Waals surface area contributed by atoms with Crippen molar-refractivity contribution in [2.24, 2.45) is 4.99 Å². The van der Waals surface area contributed by atoms with Crippen LogP contribution >= 0.6 is 11.3 Å². The van der Waals surface area contributed by atoms with Gasteiger partial charge in [-0.2, -0.15) is 0 Å². The summed E-state index contributed by atoms with van der Waals surface area (Å²) in [5, 5.41) is 12.9. The molecule has 4 aromatic rings. The summed E-state index contributed by atoms with van der Waals surface area (Å²) in [6.07, 6.45) is 1.23. The summed E-state index contributed by atoms with van der Waals surface area (Å²) < 4.78 is 30.8. The van der Waals surface area contributed by atoms with E-state index in [1.165, 1.54) is 13.4 Å². The van der Waals surface area contributed by atoms with E-state index in [4.69, 9.17) is 9.73 Å². The minimum atomic E-state index is -3.31. The van der Waals surface area contributed by atoms with E-state index in [1.807, 2.05) is 41.8 Å². The number of aromatic nitrogens is 3. The van der Waals surface area contributed by atoms with Crippen molar-refractivity contribution in [1.29, 1.82) is 0 Å². The van der Waals surface area contributed by atoms with E-state index in [9.17, 15) is 13.2 Å². The second-order valence-corrected chi connectivity index (χ2v) is 12.4. The molecule has 1 aliphatic rings. The number of nitrogens with one attached hydrogen (secondary N) is 1. The molecule has 0 fully saturated rings. The molecule has 196 valence electrons. The molecule has 5 rings (SSSR count). The maximum atomic E-state index is 12.3. The van der Waals surface area contributed by atoms with Crippen LogP contribution in [0, 0.1) is 20.8 Å². The van der Waals surface area contributed by atoms with Crippen molar-refractivity contribution in [3.05, 3.63) is 81.7 Å². The molecule has 38 heavy (non-hydrogen) atoms. The maximum absolute atomic E-state index is 12.3. The molecule has 3 heterocycles. The molecular formula is C27H27N5O4S2. The average molecular weight is 550 g/mol. The largest absolute Gasteiger partial charge is 0.469 e. The van der Waals surface area contributed by atoms with E-state index in [2.05, 4.69) is 29.4 Å². The minimum absolute atomic E-state index is 0.0431. The highest BCUT2D eigenvalue weighted by Gasteiger charge is 2.32. The highest BCUT2D eigenvalue weighted by atomic mass is 32.2. The van der Waals surface area contributed by atoms with Crippen molar-refractivity contribution in [2.45, 2.75) is 38.1 Å². The average Bonchev–Trinajstić information content (AvgIpc) is 3.36. The van der Waals surface area contributed by atoms with Crippen molar-refractivity contribution in [3.63, 3.8) is 0 Å². The zero-order valence-electron chi connectivity index (χ0n) is 21.6. The lowest BCUT2D eigenvalue weighted by atomic mass is 9.99. The van der Waals surface area contributed by atoms with Gasteiger partial charge >= 0.3 is 5.97 Å². The van der Waals surface area contributed by atoms with E-state index in [1.54, 1.807) is 29.5 Å². The molecule has 0 aliphatic carbocycles. The van der Waals surface area contributed by atoms with E-state index in [0.717, 1.165) is 43.8 Å². The number of methoxy groups -OCH3 is 1. The van der Waals surface area contributed by atoms with Crippen LogP contribution in [0.3, 0.4) is 0 Å². The normalized spacial score (nSPS) is 14.8. The van der Waals surface area contributed by atoms with Gasteiger partial charge in [0.05, 0.1) is 24.1 Å². The summed E-state index contributed by atoms with van der Waals surface area (Å²) in [5.74, 6) is 0.957. The van der Waals surface area contributed by atoms with E-state index >= 15 is 0 Å². The SMILES string of the molecule is COC(=O)C[C@@H]1N=C(c2ccc(Nc3cccc(S(C)(=O)=O)c3)cc2)c2c(sc(C)c2C)-n2c(C)nnc21. The Balaban J connectivity index is 1.57. The number of hydrogen-bond acceptors (Lipinski definition) is 9. The fraction of sp³-hybridized carbons (Fsp3) is 0.259. The number of rotatable bonds is 6. The molecular weight excluding hydrogens is 522 g/mol. The van der Waals surface area contributed by atoms with Crippen molar-refractivity contribution in [3.8, 4) is 5.00 Å². The number of anilines is 2. The van der Waals surface area contributed by atoms with E-state index in [-0.39, 0.29) is 17.3 Å². The number of carbonyl (C=O) groups excluding carboxylic acids is 1. The number of sulfone groups is 1.